The Bertz CT molecular complexity index is 456. The molecule has 0 saturated heterocycles. The van der Waals surface area contributed by atoms with Gasteiger partial charge in [0.15, 0.2) is 0 Å². The lowest BCUT2D eigenvalue weighted by atomic mass is 10.1. The third-order valence-electron chi connectivity index (χ3n) is 2.53. The molecular formula is C12H16INS. The molecule has 0 aliphatic heterocycles. The van der Waals surface area contributed by atoms with Crippen LogP contribution in [0.1, 0.15) is 5.56 Å². The van der Waals surface area contributed by atoms with Crippen molar-refractivity contribution in [1.29, 1.82) is 0 Å². The van der Waals surface area contributed by atoms with E-state index in [-0.39, 0.29) is 0 Å². The molecule has 1 aromatic heterocycles. The van der Waals surface area contributed by atoms with Gasteiger partial charge in [-0.15, -0.1) is 0 Å². The van der Waals surface area contributed by atoms with Crippen LogP contribution in [-0.2, 0) is 6.42 Å². The molecule has 0 atom stereocenters. The fourth-order valence-corrected chi connectivity index (χ4v) is 3.06. The highest BCUT2D eigenvalue weighted by molar-refractivity contribution is 14.2. The van der Waals surface area contributed by atoms with Gasteiger partial charge in [0, 0.05) is 17.1 Å². The van der Waals surface area contributed by atoms with Crippen molar-refractivity contribution in [2.75, 3.05) is 18.3 Å². The first-order chi connectivity index (χ1) is 7.06. The molecule has 82 valence electrons. The van der Waals surface area contributed by atoms with E-state index in [1.165, 1.54) is 28.6 Å². The number of benzene rings is 1. The lowest BCUT2D eigenvalue weighted by Gasteiger charge is -2.21. The minimum absolute atomic E-state index is 0.413. The quantitative estimate of drug-likeness (QED) is 0.813. The van der Waals surface area contributed by atoms with Crippen LogP contribution in [0.15, 0.2) is 30.5 Å². The fraction of sp³-hybridized carbons (Fsp3) is 0.333. The van der Waals surface area contributed by atoms with Crippen LogP contribution in [0.3, 0.4) is 0 Å². The second-order valence-corrected chi connectivity index (χ2v) is 14.6. The minimum Gasteiger partial charge on any atom is -0.361 e. The summed E-state index contributed by atoms with van der Waals surface area (Å²) in [6.07, 6.45) is 8.08. The Morgan fingerprint density at radius 2 is 2.00 bits per heavy atom. The van der Waals surface area contributed by atoms with Gasteiger partial charge >= 0.3 is 0 Å². The zero-order valence-electron chi connectivity index (χ0n) is 9.09. The maximum absolute atomic E-state index is 3.33. The number of hydrogen-bond acceptors (Lipinski definition) is 0. The molecule has 1 heterocycles. The van der Waals surface area contributed by atoms with Crippen LogP contribution in [0.2, 0.25) is 0 Å². The SMILES string of the molecule is CS(C)(I)CCc1c[nH]c2ccccc12. The molecule has 0 saturated carbocycles. The van der Waals surface area contributed by atoms with Gasteiger partial charge in [-0.05, 0) is 57.5 Å². The summed E-state index contributed by atoms with van der Waals surface area (Å²) in [6.45, 7) is 0. The van der Waals surface area contributed by atoms with Crippen molar-refractivity contribution in [1.82, 2.24) is 4.98 Å². The highest BCUT2D eigenvalue weighted by Gasteiger charge is 2.08. The number of nitrogens with one attached hydrogen (secondary N) is 1. The highest BCUT2D eigenvalue weighted by Crippen LogP contribution is 2.49. The lowest BCUT2D eigenvalue weighted by molar-refractivity contribution is 1.17. The first-order valence-corrected chi connectivity index (χ1v) is 10.2. The molecule has 2 rings (SSSR count). The Morgan fingerprint density at radius 1 is 1.27 bits per heavy atom. The average molecular weight is 333 g/mol. The van der Waals surface area contributed by atoms with Gasteiger partial charge in [0.05, 0.1) is 0 Å². The summed E-state index contributed by atoms with van der Waals surface area (Å²) >= 11 is 2.60. The van der Waals surface area contributed by atoms with Crippen LogP contribution in [0.4, 0.5) is 0 Å². The molecule has 3 heteroatoms. The van der Waals surface area contributed by atoms with E-state index in [4.69, 9.17) is 0 Å². The Morgan fingerprint density at radius 3 is 2.73 bits per heavy atom. The van der Waals surface area contributed by atoms with E-state index in [1.54, 1.807) is 0 Å². The van der Waals surface area contributed by atoms with E-state index in [2.05, 4.69) is 69.2 Å². The molecule has 0 bridgehead atoms. The maximum atomic E-state index is 3.33. The predicted octanol–water partition coefficient (Wildman–Crippen LogP) is 4.12. The number of fused-ring (bicyclic) bond motifs is 1. The van der Waals surface area contributed by atoms with Gasteiger partial charge in [0.25, 0.3) is 0 Å². The van der Waals surface area contributed by atoms with Crippen LogP contribution in [0.5, 0.6) is 0 Å². The zero-order chi connectivity index (χ0) is 10.9. The number of rotatable bonds is 3. The summed E-state index contributed by atoms with van der Waals surface area (Å²) < 4.78 is 0. The molecule has 0 fully saturated rings. The molecule has 15 heavy (non-hydrogen) atoms. The van der Waals surface area contributed by atoms with E-state index >= 15 is 0 Å². The van der Waals surface area contributed by atoms with Gasteiger partial charge < -0.3 is 4.98 Å². The Hall–Kier alpha value is -0.160. The molecule has 0 aliphatic rings. The smallest absolute Gasteiger partial charge is 0.0456 e. The van der Waals surface area contributed by atoms with Gasteiger partial charge in [-0.25, -0.2) is 0 Å². The third kappa shape index (κ3) is 2.91. The summed E-state index contributed by atoms with van der Waals surface area (Å²) in [6, 6.07) is 8.54. The van der Waals surface area contributed by atoms with Gasteiger partial charge in [-0.2, -0.15) is 7.20 Å². The van der Waals surface area contributed by atoms with Gasteiger partial charge in [-0.1, -0.05) is 18.2 Å². The Balaban J connectivity index is 2.22. The van der Waals surface area contributed by atoms with E-state index in [0.29, 0.717) is 0 Å². The summed E-state index contributed by atoms with van der Waals surface area (Å²) in [5.74, 6) is 1.30. The number of halogens is 1. The lowest BCUT2D eigenvalue weighted by Crippen LogP contribution is -1.96. The average Bonchev–Trinajstić information content (AvgIpc) is 2.57. The topological polar surface area (TPSA) is 15.8 Å². The highest BCUT2D eigenvalue weighted by atomic mass is 127. The van der Waals surface area contributed by atoms with Crippen molar-refractivity contribution in [3.8, 4) is 0 Å². The van der Waals surface area contributed by atoms with Crippen molar-refractivity contribution in [2.24, 2.45) is 0 Å². The van der Waals surface area contributed by atoms with Crippen molar-refractivity contribution in [2.45, 2.75) is 6.42 Å². The maximum Gasteiger partial charge on any atom is 0.0456 e. The molecule has 0 amide bonds. The van der Waals surface area contributed by atoms with Crippen LogP contribution in [0.25, 0.3) is 10.9 Å². The first kappa shape index (κ1) is 11.3. The normalized spacial score (nSPS) is 13.3. The number of para-hydroxylation sites is 1. The Kier molecular flexibility index (Phi) is 3.30. The van der Waals surface area contributed by atoms with Crippen LogP contribution in [-0.4, -0.2) is 23.2 Å². The third-order valence-corrected chi connectivity index (χ3v) is 5.03. The number of aromatic nitrogens is 1. The van der Waals surface area contributed by atoms with Crippen molar-refractivity contribution >= 4 is 39.3 Å². The molecule has 1 aromatic carbocycles. The van der Waals surface area contributed by atoms with E-state index in [0.717, 1.165) is 0 Å². The molecular weight excluding hydrogens is 317 g/mol. The van der Waals surface area contributed by atoms with Crippen LogP contribution in [0, 0.1) is 0 Å². The second-order valence-electron chi connectivity index (χ2n) is 4.22. The summed E-state index contributed by atoms with van der Waals surface area (Å²) in [4.78, 5) is 3.33. The number of aryl methyl sites for hydroxylation is 1. The van der Waals surface area contributed by atoms with E-state index in [9.17, 15) is 0 Å². The van der Waals surface area contributed by atoms with Crippen LogP contribution < -0.4 is 0 Å². The van der Waals surface area contributed by atoms with Gasteiger partial charge in [0.2, 0.25) is 0 Å². The number of H-pyrrole nitrogens is 1. The summed E-state index contributed by atoms with van der Waals surface area (Å²) in [5.41, 5.74) is 2.72. The number of aromatic amines is 1. The fourth-order valence-electron chi connectivity index (χ4n) is 1.69. The largest absolute Gasteiger partial charge is 0.361 e. The van der Waals surface area contributed by atoms with Crippen LogP contribution >= 0.6 is 28.4 Å². The van der Waals surface area contributed by atoms with E-state index < -0.39 is 7.20 Å². The molecule has 0 unspecified atom stereocenters. The molecule has 2 aromatic rings. The standard InChI is InChI=1S/C12H16INS/c1-15(2,13)8-7-10-9-14-12-6-4-3-5-11(10)12/h3-6,9,14H,7-8H2,1-2H3. The molecule has 1 nitrogen and oxygen atoms in total. The van der Waals surface area contributed by atoms with E-state index in [1.807, 2.05) is 0 Å². The molecule has 0 aliphatic carbocycles. The van der Waals surface area contributed by atoms with Gasteiger partial charge in [0.1, 0.15) is 0 Å². The predicted molar refractivity (Wildman–Crippen MR) is 80.3 cm³/mol. The van der Waals surface area contributed by atoms with Gasteiger partial charge in [-0.3, -0.25) is 0 Å². The molecule has 0 radical (unpaired) electrons. The first-order valence-electron chi connectivity index (χ1n) is 5.02. The van der Waals surface area contributed by atoms with Crippen molar-refractivity contribution in [3.63, 3.8) is 0 Å². The van der Waals surface area contributed by atoms with Crippen molar-refractivity contribution in [3.05, 3.63) is 36.0 Å². The van der Waals surface area contributed by atoms with Crippen molar-refractivity contribution < 1.29 is 0 Å². The summed E-state index contributed by atoms with van der Waals surface area (Å²) in [7, 11) is -0.413. The summed E-state index contributed by atoms with van der Waals surface area (Å²) in [5, 5.41) is 1.39. The Labute approximate surface area is 105 Å². The molecule has 0 spiro atoms. The zero-order valence-corrected chi connectivity index (χ0v) is 12.1. The monoisotopic (exact) mass is 333 g/mol. The minimum atomic E-state index is -0.413. The number of hydrogen-bond donors (Lipinski definition) is 1. The second kappa shape index (κ2) is 4.37. The molecule has 1 N–H and O–H groups in total.